The fraction of sp³-hybridized carbons (Fsp3) is 0.0870. The molecule has 8 heteroatoms. The van der Waals surface area contributed by atoms with E-state index in [1.54, 1.807) is 24.3 Å². The molecule has 2 N–H and O–H groups in total. The molecule has 0 bridgehead atoms. The summed E-state index contributed by atoms with van der Waals surface area (Å²) in [6.07, 6.45) is 0. The van der Waals surface area contributed by atoms with Gasteiger partial charge in [0.15, 0.2) is 28.5 Å². The SMILES string of the molecule is CC(=O)c1ccc(NC(=O)c2cc(=O)cc(C(=O)Nc3ccc(C(C)=O)cc3)o2)cc1. The summed E-state index contributed by atoms with van der Waals surface area (Å²) in [4.78, 5) is 59.5. The van der Waals surface area contributed by atoms with Crippen LogP contribution in [0.1, 0.15) is 55.7 Å². The average molecular weight is 418 g/mol. The Bertz CT molecular complexity index is 1130. The fourth-order valence-corrected chi connectivity index (χ4v) is 2.66. The van der Waals surface area contributed by atoms with Crippen LogP contribution in [-0.2, 0) is 0 Å². The number of carbonyl (C=O) groups is 4. The third-order valence-corrected chi connectivity index (χ3v) is 4.31. The molecule has 0 saturated heterocycles. The first-order chi connectivity index (χ1) is 14.7. The number of anilines is 2. The Morgan fingerprint density at radius 2 is 1.00 bits per heavy atom. The van der Waals surface area contributed by atoms with E-state index < -0.39 is 17.2 Å². The summed E-state index contributed by atoms with van der Waals surface area (Å²) in [7, 11) is 0. The molecule has 0 aliphatic rings. The van der Waals surface area contributed by atoms with Gasteiger partial charge in [0.1, 0.15) is 0 Å². The van der Waals surface area contributed by atoms with E-state index in [1.807, 2.05) is 0 Å². The number of benzene rings is 2. The summed E-state index contributed by atoms with van der Waals surface area (Å²) in [5.74, 6) is -2.38. The molecule has 0 atom stereocenters. The molecule has 0 unspecified atom stereocenters. The third kappa shape index (κ3) is 5.39. The average Bonchev–Trinajstić information content (AvgIpc) is 2.74. The van der Waals surface area contributed by atoms with Crippen LogP contribution in [0, 0.1) is 0 Å². The summed E-state index contributed by atoms with van der Waals surface area (Å²) < 4.78 is 5.32. The Labute approximate surface area is 176 Å². The van der Waals surface area contributed by atoms with Crippen LogP contribution >= 0.6 is 0 Å². The minimum Gasteiger partial charge on any atom is -0.445 e. The van der Waals surface area contributed by atoms with Gasteiger partial charge in [-0.25, -0.2) is 0 Å². The van der Waals surface area contributed by atoms with Gasteiger partial charge in [-0.15, -0.1) is 0 Å². The largest absolute Gasteiger partial charge is 0.445 e. The van der Waals surface area contributed by atoms with Crippen LogP contribution in [0.25, 0.3) is 0 Å². The van der Waals surface area contributed by atoms with Gasteiger partial charge >= 0.3 is 0 Å². The van der Waals surface area contributed by atoms with Gasteiger partial charge in [-0.05, 0) is 62.4 Å². The number of amides is 2. The van der Waals surface area contributed by atoms with E-state index in [1.165, 1.54) is 38.1 Å². The molecule has 31 heavy (non-hydrogen) atoms. The van der Waals surface area contributed by atoms with Gasteiger partial charge in [-0.1, -0.05) is 0 Å². The van der Waals surface area contributed by atoms with Crippen LogP contribution in [0.2, 0.25) is 0 Å². The number of ketones is 2. The van der Waals surface area contributed by atoms with E-state index in [9.17, 15) is 24.0 Å². The quantitative estimate of drug-likeness (QED) is 0.590. The van der Waals surface area contributed by atoms with E-state index in [2.05, 4.69) is 10.6 Å². The maximum Gasteiger partial charge on any atom is 0.291 e. The third-order valence-electron chi connectivity index (χ3n) is 4.31. The summed E-state index contributed by atoms with van der Waals surface area (Å²) in [5.41, 5.74) is 1.16. The van der Waals surface area contributed by atoms with E-state index in [0.29, 0.717) is 22.5 Å². The smallest absolute Gasteiger partial charge is 0.291 e. The van der Waals surface area contributed by atoms with Gasteiger partial charge in [-0.2, -0.15) is 0 Å². The second kappa shape index (κ2) is 9.00. The molecule has 0 aliphatic heterocycles. The van der Waals surface area contributed by atoms with Crippen LogP contribution in [0.3, 0.4) is 0 Å². The highest BCUT2D eigenvalue weighted by Crippen LogP contribution is 2.14. The predicted molar refractivity (Wildman–Crippen MR) is 114 cm³/mol. The first-order valence-electron chi connectivity index (χ1n) is 9.23. The lowest BCUT2D eigenvalue weighted by atomic mass is 10.1. The molecule has 0 spiro atoms. The first-order valence-corrected chi connectivity index (χ1v) is 9.23. The minimum atomic E-state index is -0.729. The normalized spacial score (nSPS) is 10.3. The Morgan fingerprint density at radius 1 is 0.645 bits per heavy atom. The molecule has 2 aromatic carbocycles. The van der Waals surface area contributed by atoms with Gasteiger partial charge < -0.3 is 15.1 Å². The van der Waals surface area contributed by atoms with Crippen molar-refractivity contribution in [2.24, 2.45) is 0 Å². The lowest BCUT2D eigenvalue weighted by Crippen LogP contribution is -2.19. The lowest BCUT2D eigenvalue weighted by Gasteiger charge is -2.08. The topological polar surface area (TPSA) is 123 Å². The highest BCUT2D eigenvalue weighted by atomic mass is 16.4. The van der Waals surface area contributed by atoms with Crippen molar-refractivity contribution in [2.75, 3.05) is 10.6 Å². The summed E-state index contributed by atoms with van der Waals surface area (Å²) in [6, 6.07) is 14.3. The van der Waals surface area contributed by atoms with Crippen LogP contribution in [0.15, 0.2) is 69.9 Å². The van der Waals surface area contributed by atoms with Gasteiger partial charge in [0.05, 0.1) is 0 Å². The molecule has 156 valence electrons. The van der Waals surface area contributed by atoms with Gasteiger partial charge in [0, 0.05) is 34.6 Å². The van der Waals surface area contributed by atoms with Crippen LogP contribution in [0.4, 0.5) is 11.4 Å². The van der Waals surface area contributed by atoms with Crippen LogP contribution < -0.4 is 16.1 Å². The highest BCUT2D eigenvalue weighted by Gasteiger charge is 2.16. The monoisotopic (exact) mass is 418 g/mol. The molecule has 0 fully saturated rings. The second-order valence-electron chi connectivity index (χ2n) is 6.70. The molecular weight excluding hydrogens is 400 g/mol. The lowest BCUT2D eigenvalue weighted by molar-refractivity contribution is 0.0964. The highest BCUT2D eigenvalue weighted by molar-refractivity contribution is 6.05. The van der Waals surface area contributed by atoms with Crippen LogP contribution in [0.5, 0.6) is 0 Å². The van der Waals surface area contributed by atoms with Crippen LogP contribution in [-0.4, -0.2) is 23.4 Å². The maximum absolute atomic E-state index is 12.4. The fourth-order valence-electron chi connectivity index (χ4n) is 2.66. The van der Waals surface area contributed by atoms with Crippen molar-refractivity contribution in [2.45, 2.75) is 13.8 Å². The molecular formula is C23H18N2O6. The number of Topliss-reactive ketones (excluding diaryl/α,β-unsaturated/α-hetero) is 2. The van der Waals surface area contributed by atoms with E-state index in [-0.39, 0.29) is 23.1 Å². The number of nitrogens with one attached hydrogen (secondary N) is 2. The summed E-state index contributed by atoms with van der Waals surface area (Å²) in [5, 5.41) is 5.08. The minimum absolute atomic E-state index is 0.112. The maximum atomic E-state index is 12.4. The van der Waals surface area contributed by atoms with Crippen molar-refractivity contribution in [3.63, 3.8) is 0 Å². The zero-order valence-corrected chi connectivity index (χ0v) is 16.7. The van der Waals surface area contributed by atoms with E-state index in [0.717, 1.165) is 12.1 Å². The molecule has 2 amide bonds. The Kier molecular flexibility index (Phi) is 6.21. The summed E-state index contributed by atoms with van der Waals surface area (Å²) in [6.45, 7) is 2.85. The molecule has 1 aromatic heterocycles. The molecule has 1 heterocycles. The van der Waals surface area contributed by atoms with Gasteiger partial charge in [0.25, 0.3) is 11.8 Å². The number of rotatable bonds is 6. The molecule has 0 radical (unpaired) electrons. The van der Waals surface area contributed by atoms with Crippen molar-refractivity contribution < 1.29 is 23.6 Å². The Balaban J connectivity index is 1.76. The van der Waals surface area contributed by atoms with Crippen molar-refractivity contribution in [1.29, 1.82) is 0 Å². The second-order valence-corrected chi connectivity index (χ2v) is 6.70. The van der Waals surface area contributed by atoms with Gasteiger partial charge in [-0.3, -0.25) is 24.0 Å². The van der Waals surface area contributed by atoms with Crippen molar-refractivity contribution in [1.82, 2.24) is 0 Å². The standard InChI is InChI=1S/C23H18N2O6/c1-13(26)15-3-7-17(8-4-15)24-22(29)20-11-19(28)12-21(31-20)23(30)25-18-9-5-16(6-10-18)14(2)27/h3-12H,1-2H3,(H,24,29)(H,25,30). The van der Waals surface area contributed by atoms with Crippen molar-refractivity contribution in [3.05, 3.63) is 93.5 Å². The molecule has 8 nitrogen and oxygen atoms in total. The first kappa shape index (κ1) is 21.4. The number of carbonyl (C=O) groups excluding carboxylic acids is 4. The van der Waals surface area contributed by atoms with Gasteiger partial charge in [0.2, 0.25) is 0 Å². The number of hydrogen-bond acceptors (Lipinski definition) is 6. The predicted octanol–water partition coefficient (Wildman–Crippen LogP) is 3.55. The van der Waals surface area contributed by atoms with Crippen molar-refractivity contribution in [3.8, 4) is 0 Å². The Morgan fingerprint density at radius 3 is 1.32 bits per heavy atom. The molecule has 3 aromatic rings. The number of hydrogen-bond donors (Lipinski definition) is 2. The molecule has 0 aliphatic carbocycles. The Hall–Kier alpha value is -4.33. The van der Waals surface area contributed by atoms with E-state index in [4.69, 9.17) is 4.42 Å². The van der Waals surface area contributed by atoms with Crippen molar-refractivity contribution >= 4 is 34.8 Å². The molecule has 0 saturated carbocycles. The zero-order chi connectivity index (χ0) is 22.5. The van der Waals surface area contributed by atoms with E-state index >= 15 is 0 Å². The zero-order valence-electron chi connectivity index (χ0n) is 16.7. The summed E-state index contributed by atoms with van der Waals surface area (Å²) >= 11 is 0. The molecule has 3 rings (SSSR count).